The van der Waals surface area contributed by atoms with Gasteiger partial charge in [-0.05, 0) is 32.4 Å². The second-order valence-electron chi connectivity index (χ2n) is 5.57. The number of amides is 1. The van der Waals surface area contributed by atoms with Crippen molar-refractivity contribution in [3.63, 3.8) is 0 Å². The van der Waals surface area contributed by atoms with E-state index in [1.165, 1.54) is 0 Å². The smallest absolute Gasteiger partial charge is 0.236 e. The largest absolute Gasteiger partial charge is 0.340 e. The first kappa shape index (κ1) is 16.3. The van der Waals surface area contributed by atoms with Crippen molar-refractivity contribution in [2.24, 2.45) is 0 Å². The molecule has 0 heterocycles. The number of hydrogen-bond acceptors (Lipinski definition) is 2. The lowest BCUT2D eigenvalue weighted by atomic mass is 10.1. The third kappa shape index (κ3) is 5.39. The number of rotatable bonds is 4. The van der Waals surface area contributed by atoms with Crippen molar-refractivity contribution in [3.8, 4) is 0 Å². The zero-order valence-corrected chi connectivity index (χ0v) is 13.3. The van der Waals surface area contributed by atoms with Gasteiger partial charge in [0.15, 0.2) is 0 Å². The molecule has 1 amide bonds. The highest BCUT2D eigenvalue weighted by Crippen LogP contribution is 2.26. The van der Waals surface area contributed by atoms with Crippen LogP contribution in [0.15, 0.2) is 18.2 Å². The minimum absolute atomic E-state index is 0.0194. The van der Waals surface area contributed by atoms with Crippen LogP contribution in [-0.4, -0.2) is 29.9 Å². The molecule has 0 bridgehead atoms. The van der Waals surface area contributed by atoms with Crippen LogP contribution in [0, 0.1) is 0 Å². The summed E-state index contributed by atoms with van der Waals surface area (Å²) in [7, 11) is 1.75. The van der Waals surface area contributed by atoms with Crippen LogP contribution in [0.5, 0.6) is 0 Å². The zero-order chi connectivity index (χ0) is 14.6. The summed E-state index contributed by atoms with van der Waals surface area (Å²) in [5, 5.41) is 4.18. The third-order valence-corrected chi connectivity index (χ3v) is 3.49. The first-order valence-corrected chi connectivity index (χ1v) is 6.88. The standard InChI is InChI=1S/C14H20Cl2N2O/c1-14(2,3)17-8-12(19)18(4)9-10-6-5-7-11(15)13(10)16/h5-7,17H,8-9H2,1-4H3. The molecule has 3 nitrogen and oxygen atoms in total. The molecule has 0 radical (unpaired) electrons. The quantitative estimate of drug-likeness (QED) is 0.925. The molecule has 5 heteroatoms. The fourth-order valence-corrected chi connectivity index (χ4v) is 1.87. The maximum absolute atomic E-state index is 12.0. The lowest BCUT2D eigenvalue weighted by molar-refractivity contribution is -0.129. The molecule has 106 valence electrons. The van der Waals surface area contributed by atoms with Gasteiger partial charge in [-0.1, -0.05) is 35.3 Å². The predicted octanol–water partition coefficient (Wildman–Crippen LogP) is 3.34. The molecule has 1 aromatic rings. The van der Waals surface area contributed by atoms with E-state index in [0.29, 0.717) is 23.1 Å². The van der Waals surface area contributed by atoms with E-state index in [4.69, 9.17) is 23.2 Å². The van der Waals surface area contributed by atoms with E-state index in [2.05, 4.69) is 5.32 Å². The van der Waals surface area contributed by atoms with Crippen molar-refractivity contribution >= 4 is 29.1 Å². The average molecular weight is 303 g/mol. The Morgan fingerprint density at radius 2 is 1.95 bits per heavy atom. The van der Waals surface area contributed by atoms with Gasteiger partial charge in [0.1, 0.15) is 0 Å². The first-order chi connectivity index (χ1) is 8.70. The van der Waals surface area contributed by atoms with E-state index in [1.54, 1.807) is 18.0 Å². The SMILES string of the molecule is CN(Cc1cccc(Cl)c1Cl)C(=O)CNC(C)(C)C. The molecule has 0 atom stereocenters. The second-order valence-corrected chi connectivity index (χ2v) is 6.35. The van der Waals surface area contributed by atoms with Crippen LogP contribution in [0.4, 0.5) is 0 Å². The van der Waals surface area contributed by atoms with Gasteiger partial charge < -0.3 is 10.2 Å². The Morgan fingerprint density at radius 3 is 2.53 bits per heavy atom. The summed E-state index contributed by atoms with van der Waals surface area (Å²) in [6.07, 6.45) is 0. The Labute approximate surface area is 124 Å². The van der Waals surface area contributed by atoms with Crippen molar-refractivity contribution in [2.45, 2.75) is 32.9 Å². The van der Waals surface area contributed by atoms with E-state index in [0.717, 1.165) is 5.56 Å². The molecule has 0 aliphatic rings. The fraction of sp³-hybridized carbons (Fsp3) is 0.500. The van der Waals surface area contributed by atoms with Crippen LogP contribution in [0.3, 0.4) is 0 Å². The summed E-state index contributed by atoms with van der Waals surface area (Å²) in [5.74, 6) is 0.0194. The average Bonchev–Trinajstić information content (AvgIpc) is 2.31. The van der Waals surface area contributed by atoms with Crippen molar-refractivity contribution < 1.29 is 4.79 Å². The van der Waals surface area contributed by atoms with Crippen LogP contribution in [0.1, 0.15) is 26.3 Å². The first-order valence-electron chi connectivity index (χ1n) is 6.12. The number of hydrogen-bond donors (Lipinski definition) is 1. The fourth-order valence-electron chi connectivity index (χ4n) is 1.49. The van der Waals surface area contributed by atoms with Crippen LogP contribution >= 0.6 is 23.2 Å². The minimum Gasteiger partial charge on any atom is -0.340 e. The molecule has 1 rings (SSSR count). The second kappa shape index (κ2) is 6.60. The number of likely N-dealkylation sites (N-methyl/N-ethyl adjacent to an activating group) is 1. The number of nitrogens with zero attached hydrogens (tertiary/aromatic N) is 1. The Bertz CT molecular complexity index is 455. The number of halogens is 2. The van der Waals surface area contributed by atoms with E-state index in [-0.39, 0.29) is 11.4 Å². The number of benzene rings is 1. The molecular weight excluding hydrogens is 283 g/mol. The molecule has 0 saturated heterocycles. The topological polar surface area (TPSA) is 32.3 Å². The van der Waals surface area contributed by atoms with Gasteiger partial charge in [0.2, 0.25) is 5.91 Å². The van der Waals surface area contributed by atoms with E-state index in [9.17, 15) is 4.79 Å². The van der Waals surface area contributed by atoms with Crippen molar-refractivity contribution in [1.82, 2.24) is 10.2 Å². The monoisotopic (exact) mass is 302 g/mol. The highest BCUT2D eigenvalue weighted by molar-refractivity contribution is 6.42. The molecule has 0 aliphatic carbocycles. The number of carbonyl (C=O) groups is 1. The molecule has 0 saturated carbocycles. The Morgan fingerprint density at radius 1 is 1.32 bits per heavy atom. The highest BCUT2D eigenvalue weighted by atomic mass is 35.5. The molecule has 1 aromatic carbocycles. The summed E-state index contributed by atoms with van der Waals surface area (Å²) >= 11 is 12.1. The van der Waals surface area contributed by atoms with Crippen molar-refractivity contribution in [3.05, 3.63) is 33.8 Å². The Hall–Kier alpha value is -0.770. The van der Waals surface area contributed by atoms with E-state index in [1.807, 2.05) is 32.9 Å². The summed E-state index contributed by atoms with van der Waals surface area (Å²) in [6.45, 7) is 6.82. The summed E-state index contributed by atoms with van der Waals surface area (Å²) < 4.78 is 0. The van der Waals surface area contributed by atoms with Gasteiger partial charge in [-0.2, -0.15) is 0 Å². The minimum atomic E-state index is -0.0792. The molecule has 1 N–H and O–H groups in total. The van der Waals surface area contributed by atoms with Crippen LogP contribution in [0.25, 0.3) is 0 Å². The molecule has 0 spiro atoms. The maximum atomic E-state index is 12.0. The van der Waals surface area contributed by atoms with E-state index < -0.39 is 0 Å². The predicted molar refractivity (Wildman–Crippen MR) is 80.7 cm³/mol. The normalized spacial score (nSPS) is 11.5. The number of nitrogens with one attached hydrogen (secondary N) is 1. The van der Waals surface area contributed by atoms with Crippen LogP contribution in [0.2, 0.25) is 10.0 Å². The maximum Gasteiger partial charge on any atom is 0.236 e. The van der Waals surface area contributed by atoms with Gasteiger partial charge in [0.05, 0.1) is 16.6 Å². The summed E-state index contributed by atoms with van der Waals surface area (Å²) in [5.41, 5.74) is 0.769. The number of carbonyl (C=O) groups excluding carboxylic acids is 1. The lowest BCUT2D eigenvalue weighted by Gasteiger charge is -2.23. The zero-order valence-electron chi connectivity index (χ0n) is 11.8. The molecule has 0 unspecified atom stereocenters. The van der Waals surface area contributed by atoms with Gasteiger partial charge in [-0.25, -0.2) is 0 Å². The Kier molecular flexibility index (Phi) is 5.65. The van der Waals surface area contributed by atoms with Crippen LogP contribution in [-0.2, 0) is 11.3 Å². The van der Waals surface area contributed by atoms with Gasteiger partial charge in [0, 0.05) is 19.1 Å². The van der Waals surface area contributed by atoms with Gasteiger partial charge >= 0.3 is 0 Å². The van der Waals surface area contributed by atoms with Gasteiger partial charge in [-0.15, -0.1) is 0 Å². The summed E-state index contributed by atoms with van der Waals surface area (Å²) in [6, 6.07) is 5.43. The highest BCUT2D eigenvalue weighted by Gasteiger charge is 2.15. The Balaban J connectivity index is 2.62. The lowest BCUT2D eigenvalue weighted by Crippen LogP contribution is -2.43. The van der Waals surface area contributed by atoms with Gasteiger partial charge in [0.25, 0.3) is 0 Å². The van der Waals surface area contributed by atoms with Crippen LogP contribution < -0.4 is 5.32 Å². The van der Waals surface area contributed by atoms with Crippen molar-refractivity contribution in [2.75, 3.05) is 13.6 Å². The third-order valence-electron chi connectivity index (χ3n) is 2.63. The molecular formula is C14H20Cl2N2O. The molecule has 19 heavy (non-hydrogen) atoms. The summed E-state index contributed by atoms with van der Waals surface area (Å²) in [4.78, 5) is 13.6. The molecule has 0 aliphatic heterocycles. The molecule has 0 fully saturated rings. The molecule has 0 aromatic heterocycles. The van der Waals surface area contributed by atoms with Crippen molar-refractivity contribution in [1.29, 1.82) is 0 Å². The van der Waals surface area contributed by atoms with E-state index >= 15 is 0 Å². The van der Waals surface area contributed by atoms with Gasteiger partial charge in [-0.3, -0.25) is 4.79 Å².